The highest BCUT2D eigenvalue weighted by Crippen LogP contribution is 2.26. The third-order valence-corrected chi connectivity index (χ3v) is 2.93. The minimum Gasteiger partial charge on any atom is -0.508 e. The average Bonchev–Trinajstić information content (AvgIpc) is 2.23. The Balaban J connectivity index is 2.18. The molecular formula is C12H17NO. The van der Waals surface area contributed by atoms with E-state index in [9.17, 15) is 5.11 Å². The summed E-state index contributed by atoms with van der Waals surface area (Å²) in [6.45, 7) is 3.06. The van der Waals surface area contributed by atoms with Crippen molar-refractivity contribution in [3.8, 4) is 5.75 Å². The van der Waals surface area contributed by atoms with Crippen LogP contribution in [0.1, 0.15) is 36.4 Å². The molecule has 0 bridgehead atoms. The van der Waals surface area contributed by atoms with Gasteiger partial charge in [0.2, 0.25) is 0 Å². The van der Waals surface area contributed by atoms with Gasteiger partial charge in [0, 0.05) is 6.04 Å². The van der Waals surface area contributed by atoms with Gasteiger partial charge in [0.15, 0.2) is 0 Å². The Morgan fingerprint density at radius 2 is 2.21 bits per heavy atom. The van der Waals surface area contributed by atoms with Crippen molar-refractivity contribution in [2.75, 3.05) is 6.54 Å². The molecule has 1 aliphatic heterocycles. The molecule has 2 N–H and O–H groups in total. The lowest BCUT2D eigenvalue weighted by Crippen LogP contribution is -2.26. The molecule has 1 fully saturated rings. The van der Waals surface area contributed by atoms with Crippen LogP contribution in [0, 0.1) is 6.92 Å². The first-order valence-corrected chi connectivity index (χ1v) is 5.30. The van der Waals surface area contributed by atoms with Crippen molar-refractivity contribution in [1.29, 1.82) is 0 Å². The zero-order valence-electron chi connectivity index (χ0n) is 8.59. The average molecular weight is 191 g/mol. The summed E-state index contributed by atoms with van der Waals surface area (Å²) in [5.41, 5.74) is 2.27. The molecule has 0 saturated carbocycles. The van der Waals surface area contributed by atoms with Crippen LogP contribution < -0.4 is 5.32 Å². The highest BCUT2D eigenvalue weighted by atomic mass is 16.3. The van der Waals surface area contributed by atoms with Gasteiger partial charge in [-0.05, 0) is 43.5 Å². The molecule has 2 heteroatoms. The Labute approximate surface area is 85.0 Å². The molecule has 1 saturated heterocycles. The zero-order chi connectivity index (χ0) is 9.97. The Morgan fingerprint density at radius 3 is 2.86 bits per heavy atom. The van der Waals surface area contributed by atoms with Gasteiger partial charge in [0.25, 0.3) is 0 Å². The van der Waals surface area contributed by atoms with Crippen molar-refractivity contribution < 1.29 is 5.11 Å². The van der Waals surface area contributed by atoms with Gasteiger partial charge in [-0.25, -0.2) is 0 Å². The molecule has 0 unspecified atom stereocenters. The first-order chi connectivity index (χ1) is 6.77. The van der Waals surface area contributed by atoms with Crippen LogP contribution in [0.4, 0.5) is 0 Å². The summed E-state index contributed by atoms with van der Waals surface area (Å²) in [4.78, 5) is 0. The number of benzene rings is 1. The second-order valence-electron chi connectivity index (χ2n) is 4.05. The third-order valence-electron chi connectivity index (χ3n) is 2.93. The van der Waals surface area contributed by atoms with Gasteiger partial charge in [0.05, 0.1) is 0 Å². The quantitative estimate of drug-likeness (QED) is 0.715. The van der Waals surface area contributed by atoms with E-state index < -0.39 is 0 Å². The summed E-state index contributed by atoms with van der Waals surface area (Å²) in [7, 11) is 0. The molecule has 2 rings (SSSR count). The van der Waals surface area contributed by atoms with Crippen LogP contribution in [0.3, 0.4) is 0 Å². The summed E-state index contributed by atoms with van der Waals surface area (Å²) in [6, 6.07) is 6.38. The van der Waals surface area contributed by atoms with E-state index in [4.69, 9.17) is 0 Å². The van der Waals surface area contributed by atoms with Crippen LogP contribution in [0.25, 0.3) is 0 Å². The summed E-state index contributed by atoms with van der Waals surface area (Å²) in [5.74, 6) is 0.393. The number of hydrogen-bond donors (Lipinski definition) is 2. The Hall–Kier alpha value is -1.02. The topological polar surface area (TPSA) is 32.3 Å². The largest absolute Gasteiger partial charge is 0.508 e. The van der Waals surface area contributed by atoms with E-state index >= 15 is 0 Å². The summed E-state index contributed by atoms with van der Waals surface area (Å²) in [5, 5.41) is 12.9. The minimum atomic E-state index is 0.393. The zero-order valence-corrected chi connectivity index (χ0v) is 8.59. The molecule has 0 radical (unpaired) electrons. The minimum absolute atomic E-state index is 0.393. The highest BCUT2D eigenvalue weighted by molar-refractivity contribution is 5.36. The van der Waals surface area contributed by atoms with Crippen LogP contribution in [-0.2, 0) is 0 Å². The molecular weight excluding hydrogens is 174 g/mol. The lowest BCUT2D eigenvalue weighted by Gasteiger charge is -2.24. The Morgan fingerprint density at radius 1 is 1.36 bits per heavy atom. The second kappa shape index (κ2) is 4.01. The van der Waals surface area contributed by atoms with Crippen molar-refractivity contribution in [1.82, 2.24) is 5.32 Å². The number of phenols is 1. The van der Waals surface area contributed by atoms with Crippen molar-refractivity contribution >= 4 is 0 Å². The van der Waals surface area contributed by atoms with Gasteiger partial charge in [-0.3, -0.25) is 0 Å². The molecule has 1 aromatic carbocycles. The van der Waals surface area contributed by atoms with E-state index in [-0.39, 0.29) is 0 Å². The summed E-state index contributed by atoms with van der Waals surface area (Å²) < 4.78 is 0. The number of hydrogen-bond acceptors (Lipinski definition) is 2. The van der Waals surface area contributed by atoms with E-state index in [0.717, 1.165) is 12.1 Å². The smallest absolute Gasteiger partial charge is 0.118 e. The van der Waals surface area contributed by atoms with Gasteiger partial charge in [0.1, 0.15) is 5.75 Å². The monoisotopic (exact) mass is 191 g/mol. The first-order valence-electron chi connectivity index (χ1n) is 5.30. The van der Waals surface area contributed by atoms with Crippen LogP contribution in [0.5, 0.6) is 5.75 Å². The molecule has 0 amide bonds. The number of phenolic OH excluding ortho intramolecular Hbond substituents is 1. The second-order valence-corrected chi connectivity index (χ2v) is 4.05. The molecule has 0 spiro atoms. The number of rotatable bonds is 1. The van der Waals surface area contributed by atoms with Gasteiger partial charge >= 0.3 is 0 Å². The van der Waals surface area contributed by atoms with Crippen molar-refractivity contribution in [3.63, 3.8) is 0 Å². The van der Waals surface area contributed by atoms with E-state index in [1.807, 2.05) is 13.0 Å². The standard InChI is InChI=1S/C12H17NO/c1-9-8-10(5-6-12(9)14)11-4-2-3-7-13-11/h5-6,8,11,13-14H,2-4,7H2,1H3/t11-/m1/s1. The molecule has 0 aromatic heterocycles. The number of aromatic hydroxyl groups is 1. The van der Waals surface area contributed by atoms with Crippen LogP contribution >= 0.6 is 0 Å². The maximum Gasteiger partial charge on any atom is 0.118 e. The maximum atomic E-state index is 9.42. The number of aryl methyl sites for hydroxylation is 1. The summed E-state index contributed by atoms with van der Waals surface area (Å²) >= 11 is 0. The summed E-state index contributed by atoms with van der Waals surface area (Å²) in [6.07, 6.45) is 3.80. The fraction of sp³-hybridized carbons (Fsp3) is 0.500. The van der Waals surface area contributed by atoms with E-state index in [1.54, 1.807) is 6.07 Å². The molecule has 1 aromatic rings. The normalized spacial score (nSPS) is 22.2. The Bertz CT molecular complexity index is 316. The molecule has 1 heterocycles. The lowest BCUT2D eigenvalue weighted by atomic mass is 9.96. The molecule has 14 heavy (non-hydrogen) atoms. The molecule has 76 valence electrons. The predicted molar refractivity (Wildman–Crippen MR) is 57.4 cm³/mol. The van der Waals surface area contributed by atoms with Gasteiger partial charge in [-0.15, -0.1) is 0 Å². The van der Waals surface area contributed by atoms with Crippen LogP contribution in [0.15, 0.2) is 18.2 Å². The predicted octanol–water partition coefficient (Wildman–Crippen LogP) is 2.52. The molecule has 0 aliphatic carbocycles. The van der Waals surface area contributed by atoms with Crippen molar-refractivity contribution in [2.45, 2.75) is 32.2 Å². The maximum absolute atomic E-state index is 9.42. The molecule has 2 nitrogen and oxygen atoms in total. The van der Waals surface area contributed by atoms with Crippen molar-refractivity contribution in [2.24, 2.45) is 0 Å². The van der Waals surface area contributed by atoms with E-state index in [0.29, 0.717) is 11.8 Å². The Kier molecular flexibility index (Phi) is 2.73. The van der Waals surface area contributed by atoms with Gasteiger partial charge in [-0.2, -0.15) is 0 Å². The highest BCUT2D eigenvalue weighted by Gasteiger charge is 2.14. The first kappa shape index (κ1) is 9.53. The fourth-order valence-electron chi connectivity index (χ4n) is 2.03. The van der Waals surface area contributed by atoms with Gasteiger partial charge in [-0.1, -0.05) is 18.6 Å². The number of nitrogens with one attached hydrogen (secondary N) is 1. The van der Waals surface area contributed by atoms with E-state index in [1.165, 1.54) is 24.8 Å². The van der Waals surface area contributed by atoms with Crippen LogP contribution in [-0.4, -0.2) is 11.7 Å². The van der Waals surface area contributed by atoms with E-state index in [2.05, 4.69) is 11.4 Å². The van der Waals surface area contributed by atoms with Crippen LogP contribution in [0.2, 0.25) is 0 Å². The third kappa shape index (κ3) is 1.90. The number of piperidine rings is 1. The SMILES string of the molecule is Cc1cc([C@H]2CCCCN2)ccc1O. The molecule has 1 aliphatic rings. The van der Waals surface area contributed by atoms with Crippen molar-refractivity contribution in [3.05, 3.63) is 29.3 Å². The van der Waals surface area contributed by atoms with Gasteiger partial charge < -0.3 is 10.4 Å². The fourth-order valence-corrected chi connectivity index (χ4v) is 2.03. The molecule has 1 atom stereocenters. The lowest BCUT2D eigenvalue weighted by molar-refractivity contribution is 0.411.